The van der Waals surface area contributed by atoms with Crippen LogP contribution in [0.2, 0.25) is 0 Å². The second kappa shape index (κ2) is 8.32. The van der Waals surface area contributed by atoms with Crippen LogP contribution in [0.5, 0.6) is 11.5 Å². The molecule has 2 aromatic carbocycles. The quantitative estimate of drug-likeness (QED) is 0.444. The van der Waals surface area contributed by atoms with Crippen molar-refractivity contribution in [2.45, 2.75) is 13.5 Å². The molecule has 0 aromatic heterocycles. The van der Waals surface area contributed by atoms with E-state index in [9.17, 15) is 10.1 Å². The minimum absolute atomic E-state index is 0.00352. The van der Waals surface area contributed by atoms with E-state index in [-0.39, 0.29) is 17.9 Å². The van der Waals surface area contributed by atoms with E-state index in [0.29, 0.717) is 22.6 Å². The Bertz CT molecular complexity index is 936. The van der Waals surface area contributed by atoms with Gasteiger partial charge in [0.15, 0.2) is 11.5 Å². The molecular weight excluding hydrogens is 334 g/mol. The summed E-state index contributed by atoms with van der Waals surface area (Å²) >= 11 is 0. The van der Waals surface area contributed by atoms with Crippen LogP contribution in [0.15, 0.2) is 42.0 Å². The highest BCUT2D eigenvalue weighted by Gasteiger charge is 2.15. The van der Waals surface area contributed by atoms with Crippen molar-refractivity contribution in [1.82, 2.24) is 0 Å². The molecule has 2 rings (SSSR count). The summed E-state index contributed by atoms with van der Waals surface area (Å²) in [5.74, 6) is 0.790. The summed E-state index contributed by atoms with van der Waals surface area (Å²) in [6, 6.07) is 13.4. The first-order chi connectivity index (χ1) is 12.5. The molecule has 0 aliphatic heterocycles. The van der Waals surface area contributed by atoms with Gasteiger partial charge in [0.25, 0.3) is 5.69 Å². The Hall–Kier alpha value is -3.84. The Labute approximate surface area is 150 Å². The maximum absolute atomic E-state index is 11.2. The molecule has 0 unspecified atom stereocenters. The van der Waals surface area contributed by atoms with E-state index < -0.39 is 4.92 Å². The van der Waals surface area contributed by atoms with Crippen molar-refractivity contribution in [3.05, 3.63) is 68.8 Å². The third-order valence-corrected chi connectivity index (χ3v) is 3.56. The van der Waals surface area contributed by atoms with E-state index in [1.54, 1.807) is 49.4 Å². The standard InChI is InChI=1S/C19H15N3O4/c1-13-3-5-16(17(7-13)22(23)24)12-26-18-6-4-14(9-19(18)25-2)8-15(10-20)11-21/h3-9H,12H2,1-2H3. The normalized spacial score (nSPS) is 9.54. The van der Waals surface area contributed by atoms with Gasteiger partial charge in [-0.05, 0) is 42.3 Å². The average Bonchev–Trinajstić information content (AvgIpc) is 2.65. The molecule has 7 nitrogen and oxygen atoms in total. The summed E-state index contributed by atoms with van der Waals surface area (Å²) in [6.07, 6.45) is 1.43. The third-order valence-electron chi connectivity index (χ3n) is 3.56. The lowest BCUT2D eigenvalue weighted by molar-refractivity contribution is -0.385. The van der Waals surface area contributed by atoms with E-state index in [1.807, 2.05) is 0 Å². The molecule has 0 aliphatic rings. The van der Waals surface area contributed by atoms with E-state index in [1.165, 1.54) is 19.3 Å². The van der Waals surface area contributed by atoms with Gasteiger partial charge in [-0.2, -0.15) is 10.5 Å². The molecular formula is C19H15N3O4. The number of nitriles is 2. The van der Waals surface area contributed by atoms with Gasteiger partial charge in [0.1, 0.15) is 24.3 Å². The third kappa shape index (κ3) is 4.37. The molecule has 2 aromatic rings. The zero-order valence-corrected chi connectivity index (χ0v) is 14.2. The molecule has 0 radical (unpaired) electrons. The Balaban J connectivity index is 2.26. The Morgan fingerprint density at radius 2 is 1.92 bits per heavy atom. The summed E-state index contributed by atoms with van der Waals surface area (Å²) in [5.41, 5.74) is 1.81. The van der Waals surface area contributed by atoms with Gasteiger partial charge in [-0.1, -0.05) is 12.1 Å². The number of allylic oxidation sites excluding steroid dienone is 1. The van der Waals surface area contributed by atoms with Gasteiger partial charge >= 0.3 is 0 Å². The fourth-order valence-corrected chi connectivity index (χ4v) is 2.27. The predicted molar refractivity (Wildman–Crippen MR) is 94.4 cm³/mol. The molecule has 0 fully saturated rings. The van der Waals surface area contributed by atoms with Gasteiger partial charge in [0, 0.05) is 6.07 Å². The van der Waals surface area contributed by atoms with Crippen molar-refractivity contribution in [1.29, 1.82) is 10.5 Å². The van der Waals surface area contributed by atoms with Gasteiger partial charge < -0.3 is 9.47 Å². The van der Waals surface area contributed by atoms with E-state index in [4.69, 9.17) is 20.0 Å². The largest absolute Gasteiger partial charge is 0.493 e. The van der Waals surface area contributed by atoms with Crippen LogP contribution in [0.3, 0.4) is 0 Å². The van der Waals surface area contributed by atoms with Crippen LogP contribution in [-0.2, 0) is 6.61 Å². The number of ether oxygens (including phenoxy) is 2. The predicted octanol–water partition coefficient (Wildman–Crippen LogP) is 3.92. The van der Waals surface area contributed by atoms with Gasteiger partial charge in [-0.25, -0.2) is 0 Å². The van der Waals surface area contributed by atoms with Crippen molar-refractivity contribution >= 4 is 11.8 Å². The van der Waals surface area contributed by atoms with Gasteiger partial charge in [0.2, 0.25) is 0 Å². The molecule has 0 spiro atoms. The summed E-state index contributed by atoms with van der Waals surface area (Å²) in [7, 11) is 1.46. The molecule has 0 aliphatic carbocycles. The van der Waals surface area contributed by atoms with E-state index in [2.05, 4.69) is 0 Å². The number of nitrogens with zero attached hydrogens (tertiary/aromatic N) is 3. The Kier molecular flexibility index (Phi) is 5.92. The smallest absolute Gasteiger partial charge is 0.276 e. The van der Waals surface area contributed by atoms with Crippen LogP contribution >= 0.6 is 0 Å². The molecule has 0 saturated heterocycles. The highest BCUT2D eigenvalue weighted by Crippen LogP contribution is 2.30. The first-order valence-corrected chi connectivity index (χ1v) is 7.55. The summed E-state index contributed by atoms with van der Waals surface area (Å²) in [5, 5.41) is 28.8. The molecule has 0 saturated carbocycles. The van der Waals surface area contributed by atoms with Crippen molar-refractivity contribution in [2.75, 3.05) is 7.11 Å². The SMILES string of the molecule is COc1cc(C=C(C#N)C#N)ccc1OCc1ccc(C)cc1[N+](=O)[O-]. The minimum Gasteiger partial charge on any atom is -0.493 e. The zero-order chi connectivity index (χ0) is 19.1. The number of methoxy groups -OCH3 is 1. The van der Waals surface area contributed by atoms with Crippen LogP contribution < -0.4 is 9.47 Å². The second-order valence-corrected chi connectivity index (χ2v) is 5.37. The number of nitro groups is 1. The minimum atomic E-state index is -0.442. The fraction of sp³-hybridized carbons (Fsp3) is 0.158. The van der Waals surface area contributed by atoms with Gasteiger partial charge in [0.05, 0.1) is 17.6 Å². The van der Waals surface area contributed by atoms with Crippen molar-refractivity contribution in [2.24, 2.45) is 0 Å². The lowest BCUT2D eigenvalue weighted by Crippen LogP contribution is -2.02. The number of benzene rings is 2. The number of hydrogen-bond donors (Lipinski definition) is 0. The molecule has 0 amide bonds. The zero-order valence-electron chi connectivity index (χ0n) is 14.2. The maximum Gasteiger partial charge on any atom is 0.276 e. The van der Waals surface area contributed by atoms with E-state index in [0.717, 1.165) is 5.56 Å². The lowest BCUT2D eigenvalue weighted by Gasteiger charge is -2.12. The summed E-state index contributed by atoms with van der Waals surface area (Å²) in [4.78, 5) is 10.7. The van der Waals surface area contributed by atoms with Crippen molar-refractivity contribution in [3.63, 3.8) is 0 Å². The van der Waals surface area contributed by atoms with Crippen LogP contribution in [0.4, 0.5) is 5.69 Å². The lowest BCUT2D eigenvalue weighted by atomic mass is 10.1. The molecule has 7 heteroatoms. The highest BCUT2D eigenvalue weighted by molar-refractivity contribution is 5.64. The summed E-state index contributed by atoms with van der Waals surface area (Å²) in [6.45, 7) is 1.79. The van der Waals surface area contributed by atoms with Crippen molar-refractivity contribution < 1.29 is 14.4 Å². The number of aryl methyl sites for hydroxylation is 1. The van der Waals surface area contributed by atoms with Crippen LogP contribution in [0.1, 0.15) is 16.7 Å². The van der Waals surface area contributed by atoms with Gasteiger partial charge in [-0.15, -0.1) is 0 Å². The fourth-order valence-electron chi connectivity index (χ4n) is 2.27. The molecule has 0 heterocycles. The highest BCUT2D eigenvalue weighted by atomic mass is 16.6. The molecule has 0 atom stereocenters. The number of nitro benzene ring substituents is 1. The second-order valence-electron chi connectivity index (χ2n) is 5.37. The Morgan fingerprint density at radius 1 is 1.19 bits per heavy atom. The number of rotatable bonds is 6. The van der Waals surface area contributed by atoms with Crippen molar-refractivity contribution in [3.8, 4) is 23.6 Å². The topological polar surface area (TPSA) is 109 Å². The monoisotopic (exact) mass is 349 g/mol. The number of hydrogen-bond acceptors (Lipinski definition) is 6. The first kappa shape index (κ1) is 18.5. The molecule has 0 N–H and O–H groups in total. The molecule has 0 bridgehead atoms. The van der Waals surface area contributed by atoms with E-state index >= 15 is 0 Å². The van der Waals surface area contributed by atoms with Gasteiger partial charge in [-0.3, -0.25) is 10.1 Å². The Morgan fingerprint density at radius 3 is 2.54 bits per heavy atom. The molecule has 26 heavy (non-hydrogen) atoms. The first-order valence-electron chi connectivity index (χ1n) is 7.55. The maximum atomic E-state index is 11.2. The summed E-state index contributed by atoms with van der Waals surface area (Å²) < 4.78 is 10.9. The van der Waals surface area contributed by atoms with Crippen LogP contribution in [0, 0.1) is 39.7 Å². The molecule has 130 valence electrons. The average molecular weight is 349 g/mol. The van der Waals surface area contributed by atoms with Crippen LogP contribution in [-0.4, -0.2) is 12.0 Å². The van der Waals surface area contributed by atoms with Crippen LogP contribution in [0.25, 0.3) is 6.08 Å².